The molecule has 366 valence electrons. The molecule has 6 atom stereocenters. The van der Waals surface area contributed by atoms with Gasteiger partial charge in [0.25, 0.3) is 5.91 Å². The molecule has 10 rings (SSSR count). The zero-order valence-electron chi connectivity index (χ0n) is 40.9. The van der Waals surface area contributed by atoms with Crippen LogP contribution in [0.1, 0.15) is 88.6 Å². The van der Waals surface area contributed by atoms with Gasteiger partial charge < -0.3 is 34.1 Å². The molecule has 4 saturated heterocycles. The van der Waals surface area contributed by atoms with Crippen molar-refractivity contribution >= 4 is 51.8 Å². The number of likely N-dealkylation sites (N-methyl/N-ethyl adjacent to an activating group) is 1. The minimum absolute atomic E-state index is 0.00617. The number of thiazole rings is 1. The number of urea groups is 1. The number of esters is 1. The lowest BCUT2D eigenvalue weighted by molar-refractivity contribution is -0.163. The maximum Gasteiger partial charge on any atom is 0.324 e. The summed E-state index contributed by atoms with van der Waals surface area (Å²) in [6.45, 7) is 17.6. The fraction of sp³-hybridized carbons (Fsp3) is 0.558. The van der Waals surface area contributed by atoms with Crippen LogP contribution in [0.4, 0.5) is 4.79 Å². The van der Waals surface area contributed by atoms with Gasteiger partial charge in [0, 0.05) is 117 Å². The van der Waals surface area contributed by atoms with Gasteiger partial charge in [-0.15, -0.1) is 11.3 Å². The highest BCUT2D eigenvalue weighted by molar-refractivity contribution is 7.10. The number of fused-ring (bicyclic) bond motifs is 8. The number of cyclic esters (lactones) is 1. The van der Waals surface area contributed by atoms with Gasteiger partial charge in [-0.05, 0) is 74.4 Å². The summed E-state index contributed by atoms with van der Waals surface area (Å²) in [5, 5.41) is 8.71. The Morgan fingerprint density at radius 1 is 1.10 bits per heavy atom. The van der Waals surface area contributed by atoms with Crippen LogP contribution in [-0.2, 0) is 41.6 Å². The molecule has 2 N–H and O–H groups in total. The number of ketones is 1. The van der Waals surface area contributed by atoms with Gasteiger partial charge in [-0.2, -0.15) is 0 Å². The number of nitrogens with one attached hydrogen (secondary N) is 2. The second kappa shape index (κ2) is 17.7. The molecular weight excluding hydrogens is 895 g/mol. The molecule has 17 heteroatoms. The molecule has 0 radical (unpaired) electrons. The fourth-order valence-corrected chi connectivity index (χ4v) is 13.5. The molecule has 3 aromatic heterocycles. The van der Waals surface area contributed by atoms with E-state index in [1.54, 1.807) is 30.2 Å². The number of piperidine rings is 1. The van der Waals surface area contributed by atoms with E-state index in [9.17, 15) is 14.4 Å². The number of pyridine rings is 1. The van der Waals surface area contributed by atoms with Crippen molar-refractivity contribution in [3.05, 3.63) is 70.8 Å². The Balaban J connectivity index is 1.00. The lowest BCUT2D eigenvalue weighted by Crippen LogP contribution is -2.78. The molecule has 3 unspecified atom stereocenters. The van der Waals surface area contributed by atoms with Gasteiger partial charge >= 0.3 is 12.0 Å². The van der Waals surface area contributed by atoms with Gasteiger partial charge in [0.15, 0.2) is 5.78 Å². The number of ether oxygens (including phenoxy) is 2. The zero-order valence-corrected chi connectivity index (χ0v) is 41.7. The topological polar surface area (TPSA) is 172 Å². The number of nitrogens with zero attached hydrogens (tertiary/aromatic N) is 7. The van der Waals surface area contributed by atoms with Crippen LogP contribution in [0.15, 0.2) is 54.6 Å². The molecule has 4 aromatic rings. The number of hydrogen-bond donors (Lipinski definition) is 2. The summed E-state index contributed by atoms with van der Waals surface area (Å²) in [6, 6.07) is 8.68. The number of Topliss-reactive ketones (excluding diaryl/α,β-unsaturated/α-hetero) is 1. The lowest BCUT2D eigenvalue weighted by Gasteiger charge is -2.54. The van der Waals surface area contributed by atoms with Crippen molar-refractivity contribution in [2.75, 3.05) is 60.0 Å². The minimum Gasteiger partial charge on any atom is -0.464 e. The number of likely N-dealkylation sites (tertiary alicyclic amines) is 2. The number of hydrazine groups is 1. The third-order valence-electron chi connectivity index (χ3n) is 16.3. The first kappa shape index (κ1) is 47.2. The Labute approximate surface area is 407 Å². The molecule has 6 bridgehead atoms. The van der Waals surface area contributed by atoms with E-state index in [4.69, 9.17) is 19.4 Å². The normalized spacial score (nSPS) is 26.5. The Kier molecular flexibility index (Phi) is 12.1. The van der Waals surface area contributed by atoms with E-state index < -0.39 is 41.0 Å². The summed E-state index contributed by atoms with van der Waals surface area (Å²) in [6.07, 6.45) is 5.39. The summed E-state index contributed by atoms with van der Waals surface area (Å²) in [4.78, 5) is 86.6. The quantitative estimate of drug-likeness (QED) is 0.165. The summed E-state index contributed by atoms with van der Waals surface area (Å²) in [5.41, 5.74) is 7.98. The molecule has 5 aliphatic heterocycles. The molecule has 8 heterocycles. The number of amides is 4. The summed E-state index contributed by atoms with van der Waals surface area (Å²) < 4.78 is 15.0. The lowest BCUT2D eigenvalue weighted by atomic mass is 9.67. The maximum atomic E-state index is 15.3. The number of carbonyl (C=O) groups is 5. The van der Waals surface area contributed by atoms with Gasteiger partial charge in [-0.3, -0.25) is 29.2 Å². The summed E-state index contributed by atoms with van der Waals surface area (Å²) in [5.74, 6) is -2.38. The van der Waals surface area contributed by atoms with Crippen LogP contribution in [0.25, 0.3) is 33.4 Å². The number of carbonyl (C=O) groups excluding carboxylic acids is 5. The number of aromatic nitrogens is 3. The van der Waals surface area contributed by atoms with E-state index in [0.717, 1.165) is 57.5 Å². The van der Waals surface area contributed by atoms with E-state index in [0.29, 0.717) is 57.1 Å². The monoisotopic (exact) mass is 959 g/mol. The molecule has 4 fully saturated rings. The van der Waals surface area contributed by atoms with Crippen LogP contribution in [0, 0.1) is 22.7 Å². The molecule has 1 aromatic carbocycles. The number of methoxy groups -OCH3 is 1. The molecule has 16 nitrogen and oxygen atoms in total. The number of hydrogen-bond acceptors (Lipinski definition) is 12. The molecule has 0 saturated carbocycles. The minimum atomic E-state index is -1.41. The van der Waals surface area contributed by atoms with Crippen molar-refractivity contribution in [3.63, 3.8) is 0 Å². The standard InChI is InChI=1S/C52H65N9O7S/c1-9-39(62)59-27-51(28-59)17-21-58(22-18-51)49(66)57(7)43(30(3)4)45(63)34-25-54-52(34)24-38-55-36(26-69-38)31-15-16-37-33(23-31)40-41(46(67-8)42-32(13-11-19-53-42)44(40)60(37)10-2)50(5,6)29-68-47(64)35-14-12-20-61(56-35)48(52)65/h9,11,13,15-16,19,23,26,30,34-35,41,43,46,54,56H,1,10,12,14,17-18,20-22,24-25,27-29H2,2-8H3/t34?,35-,41?,43-,46-,52?/m0/s1. The van der Waals surface area contributed by atoms with Gasteiger partial charge in [0.05, 0.1) is 40.7 Å². The van der Waals surface area contributed by atoms with E-state index >= 15 is 9.59 Å². The Morgan fingerprint density at radius 2 is 1.87 bits per heavy atom. The Morgan fingerprint density at radius 3 is 2.55 bits per heavy atom. The van der Waals surface area contributed by atoms with Gasteiger partial charge in [-0.25, -0.2) is 15.2 Å². The smallest absolute Gasteiger partial charge is 0.324 e. The molecule has 69 heavy (non-hydrogen) atoms. The van der Waals surface area contributed by atoms with E-state index in [-0.39, 0.29) is 60.5 Å². The van der Waals surface area contributed by atoms with E-state index in [2.05, 4.69) is 66.9 Å². The molecular formula is C52H65N9O7S. The highest BCUT2D eigenvalue weighted by atomic mass is 32.1. The average molecular weight is 960 g/mol. The first-order valence-electron chi connectivity index (χ1n) is 24.6. The molecule has 1 aliphatic carbocycles. The number of aryl methyl sites for hydroxylation is 1. The number of rotatable bonds is 7. The van der Waals surface area contributed by atoms with Crippen LogP contribution in [0.3, 0.4) is 0 Å². The number of benzene rings is 1. The Bertz CT molecular complexity index is 2730. The van der Waals surface area contributed by atoms with E-state index in [1.165, 1.54) is 22.4 Å². The highest BCUT2D eigenvalue weighted by Crippen LogP contribution is 2.57. The van der Waals surface area contributed by atoms with Crippen molar-refractivity contribution in [1.29, 1.82) is 0 Å². The SMILES string of the molecule is C=CC(=O)N1CC2(CCN(C(=O)N(C)[C@H](C(=O)C3CNC34Cc3nc(cs3)-c3ccc5c(c3)c3c(n5CC)-c5cccnc5[C@@H](OC)C3C(C)(C)COC(=O)[C@@H]3CCCN(N3)C4=O)C(C)C)CC2)C1. The second-order valence-corrected chi connectivity index (χ2v) is 22.2. The van der Waals surface area contributed by atoms with Crippen molar-refractivity contribution in [2.24, 2.45) is 22.7 Å². The average Bonchev–Trinajstić information content (AvgIpc) is 3.94. The van der Waals surface area contributed by atoms with Gasteiger partial charge in [0.1, 0.15) is 17.7 Å². The summed E-state index contributed by atoms with van der Waals surface area (Å²) in [7, 11) is 3.41. The highest BCUT2D eigenvalue weighted by Gasteiger charge is 2.60. The van der Waals surface area contributed by atoms with Crippen LogP contribution in [0.5, 0.6) is 0 Å². The molecule has 6 aliphatic rings. The second-order valence-electron chi connectivity index (χ2n) is 21.3. The predicted octanol–water partition coefficient (Wildman–Crippen LogP) is 5.97. The third-order valence-corrected chi connectivity index (χ3v) is 17.1. The van der Waals surface area contributed by atoms with Gasteiger partial charge in [-0.1, -0.05) is 40.3 Å². The third kappa shape index (κ3) is 7.69. The molecule has 2 spiro atoms. The maximum absolute atomic E-state index is 15.3. The van der Waals surface area contributed by atoms with Crippen molar-refractivity contribution < 1.29 is 33.4 Å². The van der Waals surface area contributed by atoms with Crippen LogP contribution < -0.4 is 10.7 Å². The van der Waals surface area contributed by atoms with Crippen LogP contribution in [0.2, 0.25) is 0 Å². The fourth-order valence-electron chi connectivity index (χ4n) is 12.6. The van der Waals surface area contributed by atoms with E-state index in [1.807, 2.05) is 30.2 Å². The van der Waals surface area contributed by atoms with Crippen molar-refractivity contribution in [3.8, 4) is 22.5 Å². The first-order valence-corrected chi connectivity index (χ1v) is 25.5. The van der Waals surface area contributed by atoms with Gasteiger partial charge in [0.2, 0.25) is 5.91 Å². The van der Waals surface area contributed by atoms with Crippen LogP contribution >= 0.6 is 11.3 Å². The zero-order chi connectivity index (χ0) is 48.7. The van der Waals surface area contributed by atoms with Crippen molar-refractivity contribution in [2.45, 2.75) is 103 Å². The predicted molar refractivity (Wildman–Crippen MR) is 262 cm³/mol. The Hall–Kier alpha value is -5.49. The van der Waals surface area contributed by atoms with Crippen molar-refractivity contribution in [1.82, 2.24) is 45.0 Å². The molecule has 4 amide bonds. The largest absolute Gasteiger partial charge is 0.464 e. The summed E-state index contributed by atoms with van der Waals surface area (Å²) >= 11 is 1.45. The van der Waals surface area contributed by atoms with Crippen LogP contribution in [-0.4, -0.2) is 141 Å². The first-order chi connectivity index (χ1) is 33.0.